The summed E-state index contributed by atoms with van der Waals surface area (Å²) in [6.07, 6.45) is -4.75. The van der Waals surface area contributed by atoms with Gasteiger partial charge in [0.05, 0.1) is 16.9 Å². The summed E-state index contributed by atoms with van der Waals surface area (Å²) in [5.41, 5.74) is 2.02. The number of thiazole rings is 1. The van der Waals surface area contributed by atoms with Crippen molar-refractivity contribution in [1.82, 2.24) is 4.57 Å². The van der Waals surface area contributed by atoms with E-state index in [1.165, 1.54) is 41.7 Å². The number of hydrogen-bond donors (Lipinski definition) is 1. The van der Waals surface area contributed by atoms with Gasteiger partial charge in [0.1, 0.15) is 5.75 Å². The molecule has 0 aliphatic heterocycles. The molecule has 146 valence electrons. The normalized spacial score (nSPS) is 12.2. The Balaban J connectivity index is 1.98. The van der Waals surface area contributed by atoms with E-state index in [2.05, 4.69) is 9.73 Å². The van der Waals surface area contributed by atoms with Crippen molar-refractivity contribution >= 4 is 23.0 Å². The molecule has 0 saturated carbocycles. The fraction of sp³-hybridized carbons (Fsp3) is 0.158. The van der Waals surface area contributed by atoms with Crippen LogP contribution in [0.25, 0.3) is 11.3 Å². The summed E-state index contributed by atoms with van der Waals surface area (Å²) < 4.78 is 43.3. The molecule has 0 aliphatic rings. The van der Waals surface area contributed by atoms with E-state index in [4.69, 9.17) is 5.11 Å². The average Bonchev–Trinajstić information content (AvgIpc) is 3.03. The molecule has 9 heteroatoms. The first-order valence-electron chi connectivity index (χ1n) is 8.19. The second-order valence-electron chi connectivity index (χ2n) is 5.69. The summed E-state index contributed by atoms with van der Waals surface area (Å²) >= 11 is 1.34. The zero-order chi connectivity index (χ0) is 20.3. The number of rotatable bonds is 5. The fourth-order valence-electron chi connectivity index (χ4n) is 2.60. The highest BCUT2D eigenvalue weighted by molar-refractivity contribution is 7.07. The number of benzene rings is 2. The van der Waals surface area contributed by atoms with Gasteiger partial charge < -0.3 is 14.4 Å². The van der Waals surface area contributed by atoms with Gasteiger partial charge in [0.25, 0.3) is 0 Å². The molecule has 5 nitrogen and oxygen atoms in total. The average molecular weight is 408 g/mol. The van der Waals surface area contributed by atoms with Crippen LogP contribution in [0.2, 0.25) is 0 Å². The molecule has 0 amide bonds. The maximum absolute atomic E-state index is 12.5. The van der Waals surface area contributed by atoms with Crippen LogP contribution in [0.4, 0.5) is 18.9 Å². The van der Waals surface area contributed by atoms with Gasteiger partial charge in [-0.05, 0) is 43.3 Å². The molecule has 1 heterocycles. The van der Waals surface area contributed by atoms with Crippen molar-refractivity contribution in [1.29, 1.82) is 0 Å². The molecule has 0 aliphatic carbocycles. The number of carboxylic acids is 1. The second kappa shape index (κ2) is 7.89. The minimum Gasteiger partial charge on any atom is -0.478 e. The minimum atomic E-state index is -4.75. The van der Waals surface area contributed by atoms with Gasteiger partial charge in [-0.25, -0.2) is 9.79 Å². The Hall–Kier alpha value is -3.07. The number of carbonyl (C=O) groups is 1. The number of aromatic carboxylic acids is 1. The molecule has 0 atom stereocenters. The first-order valence-corrected chi connectivity index (χ1v) is 9.07. The highest BCUT2D eigenvalue weighted by atomic mass is 32.1. The van der Waals surface area contributed by atoms with Gasteiger partial charge in [0, 0.05) is 17.5 Å². The Morgan fingerprint density at radius 1 is 1.21 bits per heavy atom. The summed E-state index contributed by atoms with van der Waals surface area (Å²) in [5.74, 6) is -1.31. The number of aromatic nitrogens is 1. The van der Waals surface area contributed by atoms with Gasteiger partial charge in [-0.1, -0.05) is 12.1 Å². The lowest BCUT2D eigenvalue weighted by atomic mass is 10.1. The second-order valence-corrected chi connectivity index (χ2v) is 6.52. The van der Waals surface area contributed by atoms with Gasteiger partial charge in [-0.3, -0.25) is 0 Å². The van der Waals surface area contributed by atoms with Gasteiger partial charge in [0.15, 0.2) is 4.80 Å². The van der Waals surface area contributed by atoms with Crippen LogP contribution in [0.1, 0.15) is 17.3 Å². The highest BCUT2D eigenvalue weighted by Crippen LogP contribution is 2.28. The molecule has 0 saturated heterocycles. The SMILES string of the molecule is CCn1c(-c2cccc(OC(F)(F)F)c2)csc1=Nc1ccc(C(=O)O)cc1. The van der Waals surface area contributed by atoms with Crippen molar-refractivity contribution in [3.05, 3.63) is 64.3 Å². The molecular formula is C19H15F3N2O3S. The van der Waals surface area contributed by atoms with Crippen LogP contribution >= 0.6 is 11.3 Å². The first kappa shape index (κ1) is 19.7. The molecule has 1 aromatic heterocycles. The maximum atomic E-state index is 12.5. The molecule has 0 fully saturated rings. The van der Waals surface area contributed by atoms with E-state index >= 15 is 0 Å². The number of ether oxygens (including phenoxy) is 1. The van der Waals surface area contributed by atoms with E-state index in [1.807, 2.05) is 11.5 Å². The summed E-state index contributed by atoms with van der Waals surface area (Å²) in [7, 11) is 0. The summed E-state index contributed by atoms with van der Waals surface area (Å²) in [4.78, 5) is 16.1. The Kier molecular flexibility index (Phi) is 5.55. The molecule has 2 aromatic carbocycles. The molecule has 0 unspecified atom stereocenters. The van der Waals surface area contributed by atoms with Gasteiger partial charge in [0.2, 0.25) is 0 Å². The largest absolute Gasteiger partial charge is 0.573 e. The van der Waals surface area contributed by atoms with E-state index in [0.717, 1.165) is 0 Å². The predicted molar refractivity (Wildman–Crippen MR) is 98.7 cm³/mol. The topological polar surface area (TPSA) is 63.8 Å². The van der Waals surface area contributed by atoms with Crippen molar-refractivity contribution in [2.75, 3.05) is 0 Å². The van der Waals surface area contributed by atoms with E-state index in [0.29, 0.717) is 28.3 Å². The number of halogens is 3. The van der Waals surface area contributed by atoms with Crippen molar-refractivity contribution in [2.45, 2.75) is 19.8 Å². The molecule has 0 spiro atoms. The van der Waals surface area contributed by atoms with Gasteiger partial charge in [-0.15, -0.1) is 24.5 Å². The van der Waals surface area contributed by atoms with Crippen molar-refractivity contribution in [3.63, 3.8) is 0 Å². The lowest BCUT2D eigenvalue weighted by Gasteiger charge is -2.11. The van der Waals surface area contributed by atoms with Gasteiger partial charge in [-0.2, -0.15) is 0 Å². The fourth-order valence-corrected chi connectivity index (χ4v) is 3.59. The Morgan fingerprint density at radius 2 is 1.93 bits per heavy atom. The van der Waals surface area contributed by atoms with Crippen molar-refractivity contribution < 1.29 is 27.8 Å². The summed E-state index contributed by atoms with van der Waals surface area (Å²) in [6.45, 7) is 2.45. The lowest BCUT2D eigenvalue weighted by Crippen LogP contribution is -2.17. The van der Waals surface area contributed by atoms with Crippen LogP contribution in [0.15, 0.2) is 58.9 Å². The van der Waals surface area contributed by atoms with Crippen LogP contribution in [-0.4, -0.2) is 22.0 Å². The van der Waals surface area contributed by atoms with E-state index in [9.17, 15) is 18.0 Å². The summed E-state index contributed by atoms with van der Waals surface area (Å²) in [6, 6.07) is 11.9. The van der Waals surface area contributed by atoms with Crippen LogP contribution in [0, 0.1) is 0 Å². The zero-order valence-electron chi connectivity index (χ0n) is 14.6. The third-order valence-corrected chi connectivity index (χ3v) is 4.68. The Labute approximate surface area is 162 Å². The Morgan fingerprint density at radius 3 is 2.54 bits per heavy atom. The quantitative estimate of drug-likeness (QED) is 0.641. The third-order valence-electron chi connectivity index (χ3n) is 3.82. The first-order chi connectivity index (χ1) is 13.3. The van der Waals surface area contributed by atoms with Gasteiger partial charge >= 0.3 is 12.3 Å². The van der Waals surface area contributed by atoms with E-state index in [1.54, 1.807) is 23.6 Å². The minimum absolute atomic E-state index is 0.163. The number of carboxylic acid groups (broad SMARTS) is 1. The predicted octanol–water partition coefficient (Wildman–Crippen LogP) is 5.07. The standard InChI is InChI=1S/C19H15F3N2O3S/c1-2-24-16(13-4-3-5-15(10-13)27-19(20,21)22)11-28-18(24)23-14-8-6-12(7-9-14)17(25)26/h3-11H,2H2,1H3,(H,25,26). The molecule has 3 rings (SSSR count). The molecular weight excluding hydrogens is 393 g/mol. The molecule has 28 heavy (non-hydrogen) atoms. The van der Waals surface area contributed by atoms with Crippen LogP contribution in [0.3, 0.4) is 0 Å². The number of hydrogen-bond acceptors (Lipinski definition) is 4. The monoisotopic (exact) mass is 408 g/mol. The molecule has 0 bridgehead atoms. The van der Waals surface area contributed by atoms with Crippen LogP contribution in [0.5, 0.6) is 5.75 Å². The van der Waals surface area contributed by atoms with Crippen molar-refractivity contribution in [2.24, 2.45) is 4.99 Å². The number of alkyl halides is 3. The van der Waals surface area contributed by atoms with Crippen LogP contribution < -0.4 is 9.54 Å². The van der Waals surface area contributed by atoms with Crippen LogP contribution in [-0.2, 0) is 6.54 Å². The lowest BCUT2D eigenvalue weighted by molar-refractivity contribution is -0.274. The maximum Gasteiger partial charge on any atom is 0.573 e. The molecule has 3 aromatic rings. The molecule has 1 N–H and O–H groups in total. The summed E-state index contributed by atoms with van der Waals surface area (Å²) in [5, 5.41) is 10.8. The van der Waals surface area contributed by atoms with E-state index in [-0.39, 0.29) is 11.3 Å². The zero-order valence-corrected chi connectivity index (χ0v) is 15.4. The highest BCUT2D eigenvalue weighted by Gasteiger charge is 2.31. The third kappa shape index (κ3) is 4.61. The Bertz CT molecular complexity index is 1050. The number of nitrogens with zero attached hydrogens (tertiary/aromatic N) is 2. The smallest absolute Gasteiger partial charge is 0.478 e. The molecule has 0 radical (unpaired) electrons. The van der Waals surface area contributed by atoms with E-state index < -0.39 is 12.3 Å². The van der Waals surface area contributed by atoms with Crippen molar-refractivity contribution in [3.8, 4) is 17.0 Å².